The minimum Gasteiger partial charge on any atom is -0.444 e. The summed E-state index contributed by atoms with van der Waals surface area (Å²) in [5.41, 5.74) is 0.0263. The van der Waals surface area contributed by atoms with E-state index >= 15 is 0 Å². The van der Waals surface area contributed by atoms with Crippen LogP contribution >= 0.6 is 0 Å². The molecule has 1 aromatic rings. The Morgan fingerprint density at radius 1 is 1.48 bits per heavy atom. The van der Waals surface area contributed by atoms with E-state index in [1.165, 1.54) is 17.1 Å². The van der Waals surface area contributed by atoms with Crippen LogP contribution in [-0.4, -0.2) is 59.9 Å². The predicted octanol–water partition coefficient (Wildman–Crippen LogP) is 1.57. The molecule has 0 bridgehead atoms. The minimum absolute atomic E-state index is 0.162. The van der Waals surface area contributed by atoms with E-state index in [1.807, 2.05) is 30.3 Å². The fraction of sp³-hybridized carbons (Fsp3) is 0.562. The maximum Gasteiger partial charge on any atom is 0.412 e. The molecule has 23 heavy (non-hydrogen) atoms. The zero-order valence-corrected chi connectivity index (χ0v) is 13.9. The number of aliphatic hydroxyl groups is 1. The molecule has 0 aromatic heterocycles. The maximum absolute atomic E-state index is 12.5. The largest absolute Gasteiger partial charge is 0.444 e. The van der Waals surface area contributed by atoms with E-state index in [2.05, 4.69) is 0 Å². The molecule has 7 nitrogen and oxygen atoms in total. The first-order valence-corrected chi connectivity index (χ1v) is 7.46. The van der Waals surface area contributed by atoms with Crippen molar-refractivity contribution in [2.45, 2.75) is 38.4 Å². The molecular formula is C16H24N2O5. The second-order valence-corrected chi connectivity index (χ2v) is 5.88. The number of carbonyl (C=O) groups excluding carboxylic acids is 1. The molecule has 1 aromatic carbocycles. The van der Waals surface area contributed by atoms with Crippen molar-refractivity contribution >= 4 is 6.09 Å². The van der Waals surface area contributed by atoms with E-state index in [1.54, 1.807) is 20.9 Å². The van der Waals surface area contributed by atoms with Crippen molar-refractivity contribution in [2.75, 3.05) is 20.8 Å². The van der Waals surface area contributed by atoms with Crippen LogP contribution < -0.4 is 0 Å². The molecule has 1 amide bonds. The van der Waals surface area contributed by atoms with Crippen molar-refractivity contribution in [3.63, 3.8) is 0 Å². The molecule has 1 fully saturated rings. The molecule has 2 atom stereocenters. The lowest BCUT2D eigenvalue weighted by atomic mass is 10.2. The zero-order valence-electron chi connectivity index (χ0n) is 13.9. The summed E-state index contributed by atoms with van der Waals surface area (Å²) in [6.45, 7) is 3.88. The summed E-state index contributed by atoms with van der Waals surface area (Å²) in [6.07, 6.45) is -1.56. The summed E-state index contributed by atoms with van der Waals surface area (Å²) in [5.74, 6) is 0. The van der Waals surface area contributed by atoms with Gasteiger partial charge in [-0.1, -0.05) is 30.3 Å². The zero-order chi connectivity index (χ0) is 17.0. The Morgan fingerprint density at radius 2 is 2.13 bits per heavy atom. The number of likely N-dealkylation sites (N-methyl/N-ethyl adjacent to an activating group) is 1. The van der Waals surface area contributed by atoms with Crippen LogP contribution in [0.3, 0.4) is 0 Å². The van der Waals surface area contributed by atoms with Gasteiger partial charge in [-0.05, 0) is 19.4 Å². The van der Waals surface area contributed by atoms with Gasteiger partial charge < -0.3 is 14.6 Å². The first-order valence-electron chi connectivity index (χ1n) is 7.46. The van der Waals surface area contributed by atoms with E-state index in [0.717, 1.165) is 5.56 Å². The highest BCUT2D eigenvalue weighted by Crippen LogP contribution is 2.30. The fourth-order valence-corrected chi connectivity index (χ4v) is 2.55. The summed E-state index contributed by atoms with van der Waals surface area (Å²) in [4.78, 5) is 18.9. The van der Waals surface area contributed by atoms with Crippen LogP contribution in [0.4, 0.5) is 4.79 Å². The van der Waals surface area contributed by atoms with Crippen molar-refractivity contribution in [3.8, 4) is 0 Å². The highest BCUT2D eigenvalue weighted by Gasteiger charge is 2.48. The average Bonchev–Trinajstić information content (AvgIpc) is 2.87. The smallest absolute Gasteiger partial charge is 0.412 e. The third-order valence-electron chi connectivity index (χ3n) is 3.93. The molecule has 1 saturated heterocycles. The van der Waals surface area contributed by atoms with Crippen molar-refractivity contribution in [2.24, 2.45) is 0 Å². The van der Waals surface area contributed by atoms with Gasteiger partial charge in [0.15, 0.2) is 6.23 Å². The number of hydrogen-bond donors (Lipinski definition) is 1. The summed E-state index contributed by atoms with van der Waals surface area (Å²) in [6, 6.07) is 8.83. The Hall–Kier alpha value is -1.67. The van der Waals surface area contributed by atoms with Crippen LogP contribution in [0.5, 0.6) is 0 Å². The molecule has 1 aliphatic rings. The van der Waals surface area contributed by atoms with Crippen molar-refractivity contribution < 1.29 is 24.2 Å². The first kappa shape index (κ1) is 17.7. The highest BCUT2D eigenvalue weighted by atomic mass is 16.7. The summed E-state index contributed by atoms with van der Waals surface area (Å²) < 4.78 is 11.0. The third kappa shape index (κ3) is 4.00. The van der Waals surface area contributed by atoms with E-state index < -0.39 is 24.1 Å². The number of rotatable bonds is 5. The number of benzene rings is 1. The van der Waals surface area contributed by atoms with Gasteiger partial charge in [0.25, 0.3) is 0 Å². The SMILES string of the molecule is CON(C)C(O)C1COC(C)(C)N1C(=O)OCc1ccccc1. The van der Waals surface area contributed by atoms with Gasteiger partial charge in [-0.3, -0.25) is 9.74 Å². The van der Waals surface area contributed by atoms with Crippen molar-refractivity contribution in [3.05, 3.63) is 35.9 Å². The molecule has 1 heterocycles. The van der Waals surface area contributed by atoms with Crippen LogP contribution in [0.15, 0.2) is 30.3 Å². The maximum atomic E-state index is 12.5. The highest BCUT2D eigenvalue weighted by molar-refractivity contribution is 5.69. The van der Waals surface area contributed by atoms with Gasteiger partial charge in [0, 0.05) is 7.05 Å². The minimum atomic E-state index is -1.02. The van der Waals surface area contributed by atoms with Gasteiger partial charge in [0.2, 0.25) is 0 Å². The van der Waals surface area contributed by atoms with Crippen LogP contribution in [0, 0.1) is 0 Å². The Bertz CT molecular complexity index is 522. The van der Waals surface area contributed by atoms with Gasteiger partial charge in [-0.25, -0.2) is 4.79 Å². The average molecular weight is 324 g/mol. The van der Waals surface area contributed by atoms with E-state index in [-0.39, 0.29) is 13.2 Å². The summed E-state index contributed by atoms with van der Waals surface area (Å²) in [7, 11) is 3.03. The number of hydrogen-bond acceptors (Lipinski definition) is 6. The number of aliphatic hydroxyl groups excluding tert-OH is 1. The van der Waals surface area contributed by atoms with Gasteiger partial charge in [-0.2, -0.15) is 5.06 Å². The predicted molar refractivity (Wildman–Crippen MR) is 83.1 cm³/mol. The normalized spacial score (nSPS) is 21.5. The lowest BCUT2D eigenvalue weighted by Crippen LogP contribution is -2.55. The molecule has 1 N–H and O–H groups in total. The van der Waals surface area contributed by atoms with Crippen molar-refractivity contribution in [1.29, 1.82) is 0 Å². The monoisotopic (exact) mass is 324 g/mol. The molecule has 7 heteroatoms. The van der Waals surface area contributed by atoms with Gasteiger partial charge >= 0.3 is 6.09 Å². The molecular weight excluding hydrogens is 300 g/mol. The second-order valence-electron chi connectivity index (χ2n) is 5.88. The molecule has 0 saturated carbocycles. The quantitative estimate of drug-likeness (QED) is 0.655. The lowest BCUT2D eigenvalue weighted by molar-refractivity contribution is -0.219. The number of ether oxygens (including phenoxy) is 2. The number of amides is 1. The summed E-state index contributed by atoms with van der Waals surface area (Å²) >= 11 is 0. The van der Waals surface area contributed by atoms with Gasteiger partial charge in [0.1, 0.15) is 18.4 Å². The molecule has 0 spiro atoms. The molecule has 2 unspecified atom stereocenters. The van der Waals surface area contributed by atoms with E-state index in [0.29, 0.717) is 0 Å². The molecule has 1 aliphatic heterocycles. The Kier molecular flexibility index (Phi) is 5.59. The Balaban J connectivity index is 2.07. The lowest BCUT2D eigenvalue weighted by Gasteiger charge is -2.36. The topological polar surface area (TPSA) is 71.5 Å². The second kappa shape index (κ2) is 7.27. The Morgan fingerprint density at radius 3 is 2.74 bits per heavy atom. The standard InChI is InChI=1S/C16H24N2O5/c1-16(2)18(13(11-23-16)14(19)17(3)21-4)15(20)22-10-12-8-6-5-7-9-12/h5-9,13-14,19H,10-11H2,1-4H3. The van der Waals surface area contributed by atoms with E-state index in [4.69, 9.17) is 14.3 Å². The van der Waals surface area contributed by atoms with Gasteiger partial charge in [0.05, 0.1) is 13.7 Å². The third-order valence-corrected chi connectivity index (χ3v) is 3.93. The van der Waals surface area contributed by atoms with Crippen LogP contribution in [0.1, 0.15) is 19.4 Å². The van der Waals surface area contributed by atoms with Crippen LogP contribution in [-0.2, 0) is 20.9 Å². The van der Waals surface area contributed by atoms with E-state index in [9.17, 15) is 9.90 Å². The van der Waals surface area contributed by atoms with Crippen molar-refractivity contribution in [1.82, 2.24) is 9.96 Å². The number of nitrogens with zero attached hydrogens (tertiary/aromatic N) is 2. The first-order chi connectivity index (χ1) is 10.9. The molecule has 2 rings (SSSR count). The fourth-order valence-electron chi connectivity index (χ4n) is 2.55. The number of hydroxylamine groups is 2. The van der Waals surface area contributed by atoms with Crippen LogP contribution in [0.25, 0.3) is 0 Å². The Labute approximate surface area is 136 Å². The molecule has 128 valence electrons. The van der Waals surface area contributed by atoms with Gasteiger partial charge in [-0.15, -0.1) is 0 Å². The number of carbonyl (C=O) groups is 1. The molecule has 0 radical (unpaired) electrons. The van der Waals surface area contributed by atoms with Crippen LogP contribution in [0.2, 0.25) is 0 Å². The summed E-state index contributed by atoms with van der Waals surface area (Å²) in [5, 5.41) is 11.6. The molecule has 0 aliphatic carbocycles.